The Morgan fingerprint density at radius 1 is 2.00 bits per heavy atom. The zero-order valence-corrected chi connectivity index (χ0v) is 8.64. The fourth-order valence-electron chi connectivity index (χ4n) is 0.0913. The van der Waals surface area contributed by atoms with Crippen LogP contribution in [0.3, 0.4) is 0 Å². The van der Waals surface area contributed by atoms with E-state index in [2.05, 4.69) is 6.58 Å². The van der Waals surface area contributed by atoms with Crippen LogP contribution in [0.25, 0.3) is 0 Å². The maximum absolute atomic E-state index is 8.22. The minimum absolute atomic E-state index is 0.931. The molecular formula is C3H6HgO. The van der Waals surface area contributed by atoms with Gasteiger partial charge in [-0.2, -0.15) is 0 Å². The van der Waals surface area contributed by atoms with Crippen molar-refractivity contribution in [1.29, 1.82) is 0 Å². The van der Waals surface area contributed by atoms with Gasteiger partial charge in [-0.05, 0) is 0 Å². The summed E-state index contributed by atoms with van der Waals surface area (Å²) in [5.41, 5.74) is 0. The van der Waals surface area contributed by atoms with Crippen molar-refractivity contribution in [2.75, 3.05) is 0 Å². The molecule has 0 bridgehead atoms. The van der Waals surface area contributed by atoms with E-state index in [0.717, 1.165) is 3.93 Å². The van der Waals surface area contributed by atoms with Crippen LogP contribution in [0.5, 0.6) is 0 Å². The molecule has 0 atom stereocenters. The summed E-state index contributed by atoms with van der Waals surface area (Å²) in [6.45, 7) is 3.45. The van der Waals surface area contributed by atoms with E-state index >= 15 is 0 Å². The van der Waals surface area contributed by atoms with E-state index in [0.29, 0.717) is 0 Å². The van der Waals surface area contributed by atoms with E-state index in [1.54, 1.807) is 6.08 Å². The van der Waals surface area contributed by atoms with Crippen molar-refractivity contribution in [3.63, 3.8) is 0 Å². The quantitative estimate of drug-likeness (QED) is 0.568. The van der Waals surface area contributed by atoms with E-state index in [1.807, 2.05) is 0 Å². The average Bonchev–Trinajstić information content (AvgIpc) is 1.41. The van der Waals surface area contributed by atoms with E-state index in [9.17, 15) is 0 Å². The topological polar surface area (TPSA) is 20.2 Å². The second kappa shape index (κ2) is 4.64. The summed E-state index contributed by atoms with van der Waals surface area (Å²) < 4.78 is 9.15. The molecule has 0 amide bonds. The second-order valence-electron chi connectivity index (χ2n) is 0.801. The van der Waals surface area contributed by atoms with Crippen LogP contribution in [-0.4, -0.2) is 3.01 Å². The standard InChI is InChI=1S/C3H5.Hg.H2O/c1-3-2;;/h3H,1-2H2;;1H2/q;+1;/p-1. The Balaban J connectivity index is 2.40. The summed E-state index contributed by atoms with van der Waals surface area (Å²) in [5.74, 6) is 0. The summed E-state index contributed by atoms with van der Waals surface area (Å²) >= 11 is -1.26. The van der Waals surface area contributed by atoms with E-state index in [1.165, 1.54) is 0 Å². The molecule has 1 N–H and O–H groups in total. The van der Waals surface area contributed by atoms with Crippen LogP contribution in [0.4, 0.5) is 0 Å². The average molecular weight is 259 g/mol. The fourth-order valence-corrected chi connectivity index (χ4v) is 0.801. The fraction of sp³-hybridized carbons (Fsp3) is 0.333. The van der Waals surface area contributed by atoms with Crippen molar-refractivity contribution in [2.24, 2.45) is 0 Å². The summed E-state index contributed by atoms with van der Waals surface area (Å²) in [6.07, 6.45) is 1.78. The third kappa shape index (κ3) is 4.64. The van der Waals surface area contributed by atoms with Crippen LogP contribution in [-0.2, 0) is 25.0 Å². The predicted molar refractivity (Wildman–Crippen MR) is 17.2 cm³/mol. The van der Waals surface area contributed by atoms with Gasteiger partial charge in [0, 0.05) is 0 Å². The van der Waals surface area contributed by atoms with Crippen molar-refractivity contribution in [2.45, 2.75) is 3.93 Å². The van der Waals surface area contributed by atoms with Crippen molar-refractivity contribution < 1.29 is 28.0 Å². The van der Waals surface area contributed by atoms with Gasteiger partial charge in [-0.3, -0.25) is 0 Å². The van der Waals surface area contributed by atoms with Crippen LogP contribution in [0, 0.1) is 0 Å². The Bertz CT molecular complexity index is 28.1. The Kier molecular flexibility index (Phi) is 5.22. The minimum atomic E-state index is -1.26. The molecule has 0 saturated carbocycles. The third-order valence-corrected chi connectivity index (χ3v) is 2.92. The molecule has 5 heavy (non-hydrogen) atoms. The van der Waals surface area contributed by atoms with Crippen molar-refractivity contribution in [3.8, 4) is 0 Å². The van der Waals surface area contributed by atoms with E-state index in [4.69, 9.17) is 3.01 Å². The van der Waals surface area contributed by atoms with Crippen LogP contribution in [0.15, 0.2) is 12.7 Å². The van der Waals surface area contributed by atoms with Gasteiger partial charge >= 0.3 is 44.6 Å². The molecule has 0 radical (unpaired) electrons. The maximum atomic E-state index is 8.22. The first-order chi connectivity index (χ1) is 2.41. The van der Waals surface area contributed by atoms with Gasteiger partial charge in [0.25, 0.3) is 0 Å². The molecule has 0 rings (SSSR count). The number of hydrogen-bond acceptors (Lipinski definition) is 1. The van der Waals surface area contributed by atoms with Gasteiger partial charge in [-0.25, -0.2) is 0 Å². The Labute approximate surface area is 44.8 Å². The van der Waals surface area contributed by atoms with Crippen molar-refractivity contribution in [3.05, 3.63) is 12.7 Å². The molecule has 0 aliphatic carbocycles. The molecular weight excluding hydrogens is 253 g/mol. The molecule has 1 nitrogen and oxygen atoms in total. The third-order valence-electron chi connectivity index (χ3n) is 0.333. The van der Waals surface area contributed by atoms with E-state index < -0.39 is 25.0 Å². The van der Waals surface area contributed by atoms with Gasteiger partial charge < -0.3 is 0 Å². The molecule has 26 valence electrons. The summed E-state index contributed by atoms with van der Waals surface area (Å²) in [7, 11) is 0. The molecule has 0 aliphatic rings. The molecule has 0 saturated heterocycles. The monoisotopic (exact) mass is 260 g/mol. The van der Waals surface area contributed by atoms with Crippen LogP contribution < -0.4 is 0 Å². The van der Waals surface area contributed by atoms with Crippen LogP contribution in [0.2, 0.25) is 3.93 Å². The first-order valence-corrected chi connectivity index (χ1v) is 7.98. The van der Waals surface area contributed by atoms with Gasteiger partial charge in [-0.15, -0.1) is 0 Å². The molecule has 2 heteroatoms. The van der Waals surface area contributed by atoms with Gasteiger partial charge in [0.2, 0.25) is 0 Å². The molecule has 0 unspecified atom stereocenters. The summed E-state index contributed by atoms with van der Waals surface area (Å²) in [5, 5.41) is 0. The van der Waals surface area contributed by atoms with Crippen molar-refractivity contribution in [1.82, 2.24) is 0 Å². The molecule has 0 heterocycles. The molecule has 0 aliphatic heterocycles. The summed E-state index contributed by atoms with van der Waals surface area (Å²) in [6, 6.07) is 0. The normalized spacial score (nSPS) is 5.80. The molecule has 0 aromatic carbocycles. The van der Waals surface area contributed by atoms with Crippen molar-refractivity contribution >= 4 is 0 Å². The predicted octanol–water partition coefficient (Wildman–Crippen LogP) is 0.581. The first kappa shape index (κ1) is 5.64. The summed E-state index contributed by atoms with van der Waals surface area (Å²) in [4.78, 5) is 0. The Morgan fingerprint density at radius 2 is 2.60 bits per heavy atom. The number of hydrogen-bond donors (Lipinski definition) is 1. The first-order valence-electron chi connectivity index (χ1n) is 1.63. The Hall–Kier alpha value is 0.635. The van der Waals surface area contributed by atoms with Gasteiger partial charge in [0.15, 0.2) is 0 Å². The molecule has 0 spiro atoms. The zero-order chi connectivity index (χ0) is 4.12. The molecule has 0 fully saturated rings. The van der Waals surface area contributed by atoms with Gasteiger partial charge in [-0.1, -0.05) is 0 Å². The van der Waals surface area contributed by atoms with Crippen LogP contribution in [0.1, 0.15) is 0 Å². The molecule has 0 aromatic heterocycles. The number of rotatable bonds is 2. The van der Waals surface area contributed by atoms with Gasteiger partial charge in [0.1, 0.15) is 0 Å². The van der Waals surface area contributed by atoms with Gasteiger partial charge in [0.05, 0.1) is 0 Å². The molecule has 0 aromatic rings. The van der Waals surface area contributed by atoms with E-state index in [-0.39, 0.29) is 0 Å². The second-order valence-corrected chi connectivity index (χ2v) is 4.78. The number of allylic oxidation sites excluding steroid dienone is 1. The zero-order valence-electron chi connectivity index (χ0n) is 3.15. The van der Waals surface area contributed by atoms with Crippen LogP contribution >= 0.6 is 0 Å². The Morgan fingerprint density at radius 3 is 2.60 bits per heavy atom. The SMILES string of the molecule is C=C[CH2][Hg][OH].